The van der Waals surface area contributed by atoms with Crippen molar-refractivity contribution < 1.29 is 24.2 Å². The van der Waals surface area contributed by atoms with Crippen molar-refractivity contribution in [1.82, 2.24) is 10.6 Å². The summed E-state index contributed by atoms with van der Waals surface area (Å²) in [6, 6.07) is 15.3. The van der Waals surface area contributed by atoms with E-state index in [2.05, 4.69) is 34.9 Å². The molecule has 3 atom stereocenters. The van der Waals surface area contributed by atoms with E-state index in [9.17, 15) is 14.4 Å². The molecule has 174 valence electrons. The number of aliphatic carboxylic acids is 1. The average molecular weight is 451 g/mol. The Bertz CT molecular complexity index is 991. The molecule has 2 aromatic carbocycles. The minimum Gasteiger partial charge on any atom is -0.481 e. The van der Waals surface area contributed by atoms with Crippen LogP contribution in [-0.4, -0.2) is 41.8 Å². The van der Waals surface area contributed by atoms with Crippen molar-refractivity contribution >= 4 is 18.0 Å². The van der Waals surface area contributed by atoms with Gasteiger partial charge in [0.25, 0.3) is 0 Å². The molecule has 7 heteroatoms. The number of carbonyl (C=O) groups excluding carboxylic acids is 2. The minimum absolute atomic E-state index is 0.0432. The Labute approximate surface area is 193 Å². The number of rotatable bonds is 8. The van der Waals surface area contributed by atoms with Crippen molar-refractivity contribution in [3.8, 4) is 11.1 Å². The number of carbonyl (C=O) groups is 3. The Morgan fingerprint density at radius 1 is 1.03 bits per heavy atom. The van der Waals surface area contributed by atoms with Crippen molar-refractivity contribution in [1.29, 1.82) is 0 Å². The molecule has 33 heavy (non-hydrogen) atoms. The summed E-state index contributed by atoms with van der Waals surface area (Å²) in [7, 11) is 0. The van der Waals surface area contributed by atoms with Gasteiger partial charge in [-0.25, -0.2) is 4.79 Å². The number of benzene rings is 2. The smallest absolute Gasteiger partial charge is 0.407 e. The number of hydrogen-bond acceptors (Lipinski definition) is 4. The summed E-state index contributed by atoms with van der Waals surface area (Å²) in [6.45, 7) is 2.00. The molecule has 0 aromatic heterocycles. The lowest BCUT2D eigenvalue weighted by molar-refractivity contribution is -0.138. The second kappa shape index (κ2) is 10.1. The second-order valence-corrected chi connectivity index (χ2v) is 8.83. The van der Waals surface area contributed by atoms with Crippen LogP contribution in [0.2, 0.25) is 0 Å². The van der Waals surface area contributed by atoms with Crippen LogP contribution < -0.4 is 10.6 Å². The standard InChI is InChI=1S/C26H30N2O5/c1-2-22(25(31)27-23-13-7-8-16(23)14-24(29)30)28-26(32)33-15-21-19-11-5-3-9-17(19)18-10-4-6-12-20(18)21/h3-6,9-12,16,21-23H,2,7-8,13-15H2,1H3,(H,27,31)(H,28,32)(H,29,30)/t16-,22-,23+/m0/s1. The first-order valence-corrected chi connectivity index (χ1v) is 11.6. The predicted molar refractivity (Wildman–Crippen MR) is 124 cm³/mol. The third-order valence-corrected chi connectivity index (χ3v) is 6.78. The molecule has 2 aliphatic carbocycles. The van der Waals surface area contributed by atoms with Gasteiger partial charge in [0.15, 0.2) is 0 Å². The quantitative estimate of drug-likeness (QED) is 0.563. The fourth-order valence-electron chi connectivity index (χ4n) is 5.11. The van der Waals surface area contributed by atoms with Gasteiger partial charge in [0, 0.05) is 12.0 Å². The maximum absolute atomic E-state index is 12.8. The number of carboxylic acid groups (broad SMARTS) is 1. The lowest BCUT2D eigenvalue weighted by Gasteiger charge is -2.23. The number of carboxylic acids is 1. The molecular weight excluding hydrogens is 420 g/mol. The number of alkyl carbamates (subject to hydrolysis) is 1. The monoisotopic (exact) mass is 450 g/mol. The van der Waals surface area contributed by atoms with E-state index in [1.165, 1.54) is 0 Å². The molecule has 0 bridgehead atoms. The Morgan fingerprint density at radius 3 is 2.27 bits per heavy atom. The minimum atomic E-state index is -0.857. The maximum atomic E-state index is 12.8. The van der Waals surface area contributed by atoms with Gasteiger partial charge < -0.3 is 20.5 Å². The number of amides is 2. The van der Waals surface area contributed by atoms with E-state index in [0.717, 1.165) is 41.5 Å². The molecule has 3 N–H and O–H groups in total. The van der Waals surface area contributed by atoms with E-state index in [0.29, 0.717) is 6.42 Å². The molecule has 7 nitrogen and oxygen atoms in total. The molecule has 0 unspecified atom stereocenters. The normalized spacial score (nSPS) is 19.9. The van der Waals surface area contributed by atoms with Gasteiger partial charge in [-0.05, 0) is 47.4 Å². The highest BCUT2D eigenvalue weighted by molar-refractivity contribution is 5.86. The summed E-state index contributed by atoms with van der Waals surface area (Å²) in [4.78, 5) is 36.4. The molecule has 2 aromatic rings. The molecule has 0 radical (unpaired) electrons. The van der Waals surface area contributed by atoms with Crippen LogP contribution in [-0.2, 0) is 14.3 Å². The molecule has 0 heterocycles. The van der Waals surface area contributed by atoms with Gasteiger partial charge in [-0.1, -0.05) is 61.9 Å². The SMILES string of the molecule is CC[C@H](NC(=O)OCC1c2ccccc2-c2ccccc21)C(=O)N[C@@H]1CCC[C@H]1CC(=O)O. The highest BCUT2D eigenvalue weighted by atomic mass is 16.5. The third-order valence-electron chi connectivity index (χ3n) is 6.78. The lowest BCUT2D eigenvalue weighted by Crippen LogP contribution is -2.50. The highest BCUT2D eigenvalue weighted by Gasteiger charge is 2.33. The molecule has 0 saturated heterocycles. The van der Waals surface area contributed by atoms with Gasteiger partial charge in [0.2, 0.25) is 5.91 Å². The van der Waals surface area contributed by atoms with E-state index in [1.807, 2.05) is 31.2 Å². The van der Waals surface area contributed by atoms with Gasteiger partial charge >= 0.3 is 12.1 Å². The first-order chi connectivity index (χ1) is 16.0. The predicted octanol–water partition coefficient (Wildman–Crippen LogP) is 4.06. The largest absolute Gasteiger partial charge is 0.481 e. The van der Waals surface area contributed by atoms with Gasteiger partial charge in [-0.15, -0.1) is 0 Å². The van der Waals surface area contributed by atoms with Crippen LogP contribution >= 0.6 is 0 Å². The van der Waals surface area contributed by atoms with E-state index in [4.69, 9.17) is 9.84 Å². The first kappa shape index (κ1) is 22.8. The van der Waals surface area contributed by atoms with Crippen LogP contribution in [0.5, 0.6) is 0 Å². The van der Waals surface area contributed by atoms with E-state index in [1.54, 1.807) is 0 Å². The Morgan fingerprint density at radius 2 is 1.67 bits per heavy atom. The summed E-state index contributed by atoms with van der Waals surface area (Å²) in [5, 5.41) is 14.7. The number of fused-ring (bicyclic) bond motifs is 3. The summed E-state index contributed by atoms with van der Waals surface area (Å²) in [5.74, 6) is -1.27. The molecular formula is C26H30N2O5. The molecule has 1 saturated carbocycles. The van der Waals surface area contributed by atoms with Gasteiger partial charge in [-0.2, -0.15) is 0 Å². The molecule has 0 aliphatic heterocycles. The average Bonchev–Trinajstić information content (AvgIpc) is 3.37. The van der Waals surface area contributed by atoms with E-state index in [-0.39, 0.29) is 36.8 Å². The van der Waals surface area contributed by atoms with Gasteiger partial charge in [0.1, 0.15) is 12.6 Å². The lowest BCUT2D eigenvalue weighted by atomic mass is 9.98. The van der Waals surface area contributed by atoms with Crippen LogP contribution in [0.15, 0.2) is 48.5 Å². The Balaban J connectivity index is 1.34. The van der Waals surface area contributed by atoms with E-state index < -0.39 is 18.1 Å². The zero-order valence-corrected chi connectivity index (χ0v) is 18.8. The molecule has 4 rings (SSSR count). The van der Waals surface area contributed by atoms with Crippen molar-refractivity contribution in [3.05, 3.63) is 59.7 Å². The van der Waals surface area contributed by atoms with Crippen molar-refractivity contribution in [2.45, 2.75) is 57.0 Å². The molecule has 1 fully saturated rings. The topological polar surface area (TPSA) is 105 Å². The summed E-state index contributed by atoms with van der Waals surface area (Å²) in [5.41, 5.74) is 4.56. The number of hydrogen-bond donors (Lipinski definition) is 3. The fourth-order valence-corrected chi connectivity index (χ4v) is 5.11. The van der Waals surface area contributed by atoms with Crippen LogP contribution in [0, 0.1) is 5.92 Å². The van der Waals surface area contributed by atoms with Crippen LogP contribution in [0.4, 0.5) is 4.79 Å². The Kier molecular flexibility index (Phi) is 6.96. The first-order valence-electron chi connectivity index (χ1n) is 11.6. The van der Waals surface area contributed by atoms with Crippen LogP contribution in [0.1, 0.15) is 56.1 Å². The van der Waals surface area contributed by atoms with Crippen molar-refractivity contribution in [3.63, 3.8) is 0 Å². The zero-order valence-electron chi connectivity index (χ0n) is 18.8. The Hall–Kier alpha value is -3.35. The zero-order chi connectivity index (χ0) is 23.4. The van der Waals surface area contributed by atoms with Crippen molar-refractivity contribution in [2.75, 3.05) is 6.61 Å². The van der Waals surface area contributed by atoms with Gasteiger partial charge in [-0.3, -0.25) is 9.59 Å². The highest BCUT2D eigenvalue weighted by Crippen LogP contribution is 2.44. The van der Waals surface area contributed by atoms with Crippen LogP contribution in [0.3, 0.4) is 0 Å². The van der Waals surface area contributed by atoms with Gasteiger partial charge in [0.05, 0.1) is 6.42 Å². The summed E-state index contributed by atoms with van der Waals surface area (Å²) >= 11 is 0. The fraction of sp³-hybridized carbons (Fsp3) is 0.423. The molecule has 2 amide bonds. The van der Waals surface area contributed by atoms with Crippen LogP contribution in [0.25, 0.3) is 11.1 Å². The van der Waals surface area contributed by atoms with Crippen molar-refractivity contribution in [2.24, 2.45) is 5.92 Å². The number of ether oxygens (including phenoxy) is 1. The number of nitrogens with one attached hydrogen (secondary N) is 2. The summed E-state index contributed by atoms with van der Waals surface area (Å²) in [6.07, 6.45) is 2.25. The molecule has 0 spiro atoms. The maximum Gasteiger partial charge on any atom is 0.407 e. The molecule has 2 aliphatic rings. The summed E-state index contributed by atoms with van der Waals surface area (Å²) < 4.78 is 5.56. The second-order valence-electron chi connectivity index (χ2n) is 8.83. The van der Waals surface area contributed by atoms with E-state index >= 15 is 0 Å². The third kappa shape index (κ3) is 5.02.